The Morgan fingerprint density at radius 3 is 2.94 bits per heavy atom. The minimum Gasteiger partial charge on any atom is -0.378 e. The first kappa shape index (κ1) is 13.8. The summed E-state index contributed by atoms with van der Waals surface area (Å²) in [5.74, 6) is 1.28. The molecular formula is C15H24N2S. The van der Waals surface area contributed by atoms with Crippen LogP contribution in [0.2, 0.25) is 0 Å². The zero-order valence-corrected chi connectivity index (χ0v) is 12.5. The summed E-state index contributed by atoms with van der Waals surface area (Å²) in [4.78, 5) is 4.77. The third kappa shape index (κ3) is 3.66. The monoisotopic (exact) mass is 264 g/mol. The van der Waals surface area contributed by atoms with Crippen LogP contribution in [-0.4, -0.2) is 43.1 Å². The molecule has 100 valence electrons. The summed E-state index contributed by atoms with van der Waals surface area (Å²) >= 11 is 2.14. The van der Waals surface area contributed by atoms with Crippen LogP contribution in [-0.2, 0) is 6.54 Å². The summed E-state index contributed by atoms with van der Waals surface area (Å²) in [6.07, 6.45) is 1.29. The van der Waals surface area contributed by atoms with Crippen LogP contribution >= 0.6 is 11.8 Å². The largest absolute Gasteiger partial charge is 0.378 e. The fraction of sp³-hybridized carbons (Fsp3) is 0.600. The van der Waals surface area contributed by atoms with Gasteiger partial charge in [0.2, 0.25) is 0 Å². The average molecular weight is 264 g/mol. The minimum atomic E-state index is 0.829. The molecule has 1 heterocycles. The summed E-state index contributed by atoms with van der Waals surface area (Å²) in [5.41, 5.74) is 2.73. The SMILES string of the molecule is CC[C@H]1CN(Cc2cccc(N(C)C)c2)CCS1. The maximum atomic E-state index is 2.60. The van der Waals surface area contributed by atoms with E-state index in [0.29, 0.717) is 0 Å². The van der Waals surface area contributed by atoms with Gasteiger partial charge in [0.05, 0.1) is 0 Å². The Labute approximate surface area is 115 Å². The molecule has 1 aromatic carbocycles. The van der Waals surface area contributed by atoms with Gasteiger partial charge in [-0.2, -0.15) is 11.8 Å². The lowest BCUT2D eigenvalue weighted by atomic mass is 10.1. The van der Waals surface area contributed by atoms with Crippen LogP contribution < -0.4 is 4.90 Å². The number of rotatable bonds is 4. The molecule has 3 heteroatoms. The highest BCUT2D eigenvalue weighted by Crippen LogP contribution is 2.23. The fourth-order valence-electron chi connectivity index (χ4n) is 2.36. The fourth-order valence-corrected chi connectivity index (χ4v) is 3.61. The smallest absolute Gasteiger partial charge is 0.0364 e. The predicted octanol–water partition coefficient (Wildman–Crippen LogP) is 3.08. The van der Waals surface area contributed by atoms with E-state index in [-0.39, 0.29) is 0 Å². The number of thioether (sulfide) groups is 1. The van der Waals surface area contributed by atoms with Crippen molar-refractivity contribution < 1.29 is 0 Å². The van der Waals surface area contributed by atoms with Gasteiger partial charge in [-0.05, 0) is 24.1 Å². The molecule has 1 aromatic rings. The first-order valence-corrected chi connectivity index (χ1v) is 7.84. The highest BCUT2D eigenvalue weighted by atomic mass is 32.2. The molecule has 0 unspecified atom stereocenters. The molecule has 0 N–H and O–H groups in total. The Kier molecular flexibility index (Phi) is 4.95. The lowest BCUT2D eigenvalue weighted by Crippen LogP contribution is -2.37. The Morgan fingerprint density at radius 1 is 1.39 bits per heavy atom. The van der Waals surface area contributed by atoms with Gasteiger partial charge in [0.1, 0.15) is 0 Å². The zero-order chi connectivity index (χ0) is 13.0. The van der Waals surface area contributed by atoms with Crippen LogP contribution in [0.25, 0.3) is 0 Å². The summed E-state index contributed by atoms with van der Waals surface area (Å²) in [6, 6.07) is 8.89. The van der Waals surface area contributed by atoms with Crippen molar-refractivity contribution in [3.63, 3.8) is 0 Å². The van der Waals surface area contributed by atoms with E-state index >= 15 is 0 Å². The van der Waals surface area contributed by atoms with E-state index in [9.17, 15) is 0 Å². The van der Waals surface area contributed by atoms with Crippen molar-refractivity contribution in [3.05, 3.63) is 29.8 Å². The first-order chi connectivity index (χ1) is 8.69. The van der Waals surface area contributed by atoms with Crippen LogP contribution in [0.15, 0.2) is 24.3 Å². The minimum absolute atomic E-state index is 0.829. The number of hydrogen-bond acceptors (Lipinski definition) is 3. The van der Waals surface area contributed by atoms with Crippen LogP contribution in [0, 0.1) is 0 Å². The van der Waals surface area contributed by atoms with Crippen LogP contribution in [0.4, 0.5) is 5.69 Å². The van der Waals surface area contributed by atoms with E-state index in [2.05, 4.69) is 66.8 Å². The number of anilines is 1. The predicted molar refractivity (Wildman–Crippen MR) is 82.6 cm³/mol. The van der Waals surface area contributed by atoms with Crippen molar-refractivity contribution in [1.82, 2.24) is 4.90 Å². The van der Waals surface area contributed by atoms with Crippen molar-refractivity contribution in [2.45, 2.75) is 25.1 Å². The average Bonchev–Trinajstić information content (AvgIpc) is 2.39. The van der Waals surface area contributed by atoms with E-state index < -0.39 is 0 Å². The van der Waals surface area contributed by atoms with E-state index in [0.717, 1.165) is 11.8 Å². The molecule has 18 heavy (non-hydrogen) atoms. The van der Waals surface area contributed by atoms with E-state index in [1.165, 1.54) is 36.5 Å². The standard InChI is InChI=1S/C15H24N2S/c1-4-15-12-17(8-9-18-15)11-13-6-5-7-14(10-13)16(2)3/h5-7,10,15H,4,8-9,11-12H2,1-3H3/t15-/m0/s1. The van der Waals surface area contributed by atoms with Gasteiger partial charge in [-0.25, -0.2) is 0 Å². The lowest BCUT2D eigenvalue weighted by molar-refractivity contribution is 0.273. The summed E-state index contributed by atoms with van der Waals surface area (Å²) < 4.78 is 0. The van der Waals surface area contributed by atoms with Gasteiger partial charge in [0.15, 0.2) is 0 Å². The molecule has 0 radical (unpaired) electrons. The van der Waals surface area contributed by atoms with Gasteiger partial charge in [-0.15, -0.1) is 0 Å². The molecule has 0 bridgehead atoms. The molecule has 2 nitrogen and oxygen atoms in total. The van der Waals surface area contributed by atoms with Gasteiger partial charge in [0, 0.05) is 50.4 Å². The molecule has 0 amide bonds. The highest BCUT2D eigenvalue weighted by molar-refractivity contribution is 8.00. The maximum Gasteiger partial charge on any atom is 0.0364 e. The Bertz CT molecular complexity index is 379. The Morgan fingerprint density at radius 2 is 2.22 bits per heavy atom. The number of nitrogens with zero attached hydrogens (tertiary/aromatic N) is 2. The van der Waals surface area contributed by atoms with Crippen molar-refractivity contribution >= 4 is 17.4 Å². The third-order valence-corrected chi connectivity index (χ3v) is 4.88. The molecule has 2 rings (SSSR count). The van der Waals surface area contributed by atoms with Gasteiger partial charge in [-0.3, -0.25) is 4.90 Å². The topological polar surface area (TPSA) is 6.48 Å². The molecule has 1 atom stereocenters. The molecule has 0 saturated carbocycles. The molecule has 0 aliphatic carbocycles. The first-order valence-electron chi connectivity index (χ1n) is 6.79. The Hall–Kier alpha value is -0.670. The molecule has 1 aliphatic rings. The molecular weight excluding hydrogens is 240 g/mol. The number of hydrogen-bond donors (Lipinski definition) is 0. The summed E-state index contributed by atoms with van der Waals surface area (Å²) in [7, 11) is 4.20. The van der Waals surface area contributed by atoms with Crippen molar-refractivity contribution in [3.8, 4) is 0 Å². The second-order valence-electron chi connectivity index (χ2n) is 5.20. The molecule has 1 fully saturated rings. The van der Waals surface area contributed by atoms with Crippen LogP contribution in [0.5, 0.6) is 0 Å². The molecule has 1 saturated heterocycles. The van der Waals surface area contributed by atoms with Crippen molar-refractivity contribution in [2.75, 3.05) is 37.8 Å². The second-order valence-corrected chi connectivity index (χ2v) is 6.61. The molecule has 0 spiro atoms. The second kappa shape index (κ2) is 6.48. The maximum absolute atomic E-state index is 2.60. The molecule has 1 aliphatic heterocycles. The van der Waals surface area contributed by atoms with Crippen molar-refractivity contribution in [1.29, 1.82) is 0 Å². The number of benzene rings is 1. The Balaban J connectivity index is 1.98. The quantitative estimate of drug-likeness (QED) is 0.825. The van der Waals surface area contributed by atoms with Gasteiger partial charge in [-0.1, -0.05) is 19.1 Å². The summed E-state index contributed by atoms with van der Waals surface area (Å²) in [5, 5.41) is 0.829. The third-order valence-electron chi connectivity index (χ3n) is 3.51. The van der Waals surface area contributed by atoms with Crippen LogP contribution in [0.3, 0.4) is 0 Å². The highest BCUT2D eigenvalue weighted by Gasteiger charge is 2.18. The van der Waals surface area contributed by atoms with Gasteiger partial charge < -0.3 is 4.90 Å². The van der Waals surface area contributed by atoms with Crippen LogP contribution in [0.1, 0.15) is 18.9 Å². The lowest BCUT2D eigenvalue weighted by Gasteiger charge is -2.32. The summed E-state index contributed by atoms with van der Waals surface area (Å²) in [6.45, 7) is 5.87. The van der Waals surface area contributed by atoms with Crippen molar-refractivity contribution in [2.24, 2.45) is 0 Å². The van der Waals surface area contributed by atoms with Gasteiger partial charge >= 0.3 is 0 Å². The van der Waals surface area contributed by atoms with E-state index in [1.54, 1.807) is 0 Å². The molecule has 0 aromatic heterocycles. The zero-order valence-electron chi connectivity index (χ0n) is 11.7. The van der Waals surface area contributed by atoms with Gasteiger partial charge in [0.25, 0.3) is 0 Å². The van der Waals surface area contributed by atoms with E-state index in [1.807, 2.05) is 0 Å². The normalized spacial score (nSPS) is 20.9. The van der Waals surface area contributed by atoms with E-state index in [4.69, 9.17) is 0 Å².